The second kappa shape index (κ2) is 6.26. The average Bonchev–Trinajstić information content (AvgIpc) is 2.42. The molecule has 0 aromatic heterocycles. The van der Waals surface area contributed by atoms with E-state index in [0.29, 0.717) is 12.1 Å². The van der Waals surface area contributed by atoms with Crippen molar-refractivity contribution >= 4 is 33.2 Å². The Morgan fingerprint density at radius 1 is 1.32 bits per heavy atom. The number of rotatable bonds is 4. The van der Waals surface area contributed by atoms with E-state index in [1.54, 1.807) is 19.2 Å². The van der Waals surface area contributed by atoms with Gasteiger partial charge in [0, 0.05) is 22.6 Å². The van der Waals surface area contributed by atoms with Crippen molar-refractivity contribution in [1.82, 2.24) is 0 Å². The maximum atomic E-state index is 13.7. The van der Waals surface area contributed by atoms with Crippen molar-refractivity contribution in [1.29, 1.82) is 0 Å². The summed E-state index contributed by atoms with van der Waals surface area (Å²) in [5.41, 5.74) is 1.35. The molecule has 0 spiro atoms. The predicted molar refractivity (Wildman–Crippen MR) is 79.4 cm³/mol. The highest BCUT2D eigenvalue weighted by atomic mass is 79.9. The van der Waals surface area contributed by atoms with E-state index in [1.165, 1.54) is 6.07 Å². The van der Waals surface area contributed by atoms with Gasteiger partial charge in [-0.3, -0.25) is 0 Å². The Balaban J connectivity index is 2.16. The molecule has 0 heterocycles. The maximum absolute atomic E-state index is 13.7. The molecule has 0 aliphatic rings. The molecule has 2 aromatic carbocycles. The molecule has 0 saturated heterocycles. The molecule has 1 N–H and O–H groups in total. The number of methoxy groups -OCH3 is 1. The van der Waals surface area contributed by atoms with Crippen LogP contribution >= 0.6 is 27.5 Å². The van der Waals surface area contributed by atoms with Crippen LogP contribution in [0.4, 0.5) is 10.1 Å². The fraction of sp³-hybridized carbons (Fsp3) is 0.143. The van der Waals surface area contributed by atoms with Gasteiger partial charge in [0.15, 0.2) is 0 Å². The lowest BCUT2D eigenvalue weighted by molar-refractivity contribution is 0.415. The molecule has 0 saturated carbocycles. The zero-order chi connectivity index (χ0) is 13.8. The highest BCUT2D eigenvalue weighted by Gasteiger charge is 2.07. The standard InChI is InChI=1S/C14H12BrClFNO/c1-19-10-5-6-11(15)13(7-10)18-8-9-3-2-4-12(16)14(9)17/h2-7,18H,8H2,1H3. The van der Waals surface area contributed by atoms with Gasteiger partial charge in [-0.1, -0.05) is 23.7 Å². The van der Waals surface area contributed by atoms with Gasteiger partial charge in [-0.05, 0) is 34.1 Å². The van der Waals surface area contributed by atoms with Crippen LogP contribution in [-0.2, 0) is 6.54 Å². The summed E-state index contributed by atoms with van der Waals surface area (Å²) in [4.78, 5) is 0. The van der Waals surface area contributed by atoms with Gasteiger partial charge < -0.3 is 10.1 Å². The van der Waals surface area contributed by atoms with Gasteiger partial charge in [-0.25, -0.2) is 4.39 Å². The normalized spacial score (nSPS) is 10.3. The van der Waals surface area contributed by atoms with Crippen LogP contribution in [0.15, 0.2) is 40.9 Å². The van der Waals surface area contributed by atoms with Crippen molar-refractivity contribution in [3.63, 3.8) is 0 Å². The third kappa shape index (κ3) is 3.39. The smallest absolute Gasteiger partial charge is 0.146 e. The fourth-order valence-electron chi connectivity index (χ4n) is 1.64. The molecule has 2 aromatic rings. The Kier molecular flexibility index (Phi) is 4.66. The Morgan fingerprint density at radius 3 is 2.84 bits per heavy atom. The minimum atomic E-state index is -0.393. The first-order chi connectivity index (χ1) is 9.11. The number of nitrogens with one attached hydrogen (secondary N) is 1. The highest BCUT2D eigenvalue weighted by Crippen LogP contribution is 2.28. The molecule has 0 amide bonds. The number of benzene rings is 2. The Morgan fingerprint density at radius 2 is 2.11 bits per heavy atom. The number of hydrogen-bond acceptors (Lipinski definition) is 2. The van der Waals surface area contributed by atoms with Crippen LogP contribution in [0.3, 0.4) is 0 Å². The van der Waals surface area contributed by atoms with Gasteiger partial charge in [0.2, 0.25) is 0 Å². The number of anilines is 1. The van der Waals surface area contributed by atoms with Gasteiger partial charge in [0.25, 0.3) is 0 Å². The van der Waals surface area contributed by atoms with Crippen molar-refractivity contribution in [3.8, 4) is 5.75 Å². The first kappa shape index (κ1) is 14.2. The lowest BCUT2D eigenvalue weighted by atomic mass is 10.2. The summed E-state index contributed by atoms with van der Waals surface area (Å²) < 4.78 is 19.8. The SMILES string of the molecule is COc1ccc(Br)c(NCc2cccc(Cl)c2F)c1. The lowest BCUT2D eigenvalue weighted by Crippen LogP contribution is -2.03. The topological polar surface area (TPSA) is 21.3 Å². The summed E-state index contributed by atoms with van der Waals surface area (Å²) in [5, 5.41) is 3.28. The summed E-state index contributed by atoms with van der Waals surface area (Å²) in [7, 11) is 1.60. The molecule has 0 bridgehead atoms. The van der Waals surface area contributed by atoms with E-state index in [0.717, 1.165) is 15.9 Å². The van der Waals surface area contributed by atoms with Crippen molar-refractivity contribution in [2.24, 2.45) is 0 Å². The van der Waals surface area contributed by atoms with Gasteiger partial charge in [0.1, 0.15) is 11.6 Å². The predicted octanol–water partition coefficient (Wildman–Crippen LogP) is 4.86. The molecule has 2 rings (SSSR count). The van der Waals surface area contributed by atoms with E-state index in [2.05, 4.69) is 21.2 Å². The minimum Gasteiger partial charge on any atom is -0.497 e. The van der Waals surface area contributed by atoms with Crippen LogP contribution < -0.4 is 10.1 Å². The van der Waals surface area contributed by atoms with E-state index >= 15 is 0 Å². The summed E-state index contributed by atoms with van der Waals surface area (Å²) >= 11 is 9.17. The Labute approximate surface area is 124 Å². The van der Waals surface area contributed by atoms with Gasteiger partial charge in [-0.2, -0.15) is 0 Å². The Hall–Kier alpha value is -1.26. The molecular weight excluding hydrogens is 333 g/mol. The summed E-state index contributed by atoms with van der Waals surface area (Å²) in [5.74, 6) is 0.341. The molecule has 0 aliphatic carbocycles. The van der Waals surface area contributed by atoms with Crippen molar-refractivity contribution < 1.29 is 9.13 Å². The second-order valence-corrected chi connectivity index (χ2v) is 5.17. The van der Waals surface area contributed by atoms with Crippen LogP contribution in [0.1, 0.15) is 5.56 Å². The monoisotopic (exact) mass is 343 g/mol. The molecular formula is C14H12BrClFNO. The first-order valence-electron chi connectivity index (χ1n) is 5.62. The third-order valence-electron chi connectivity index (χ3n) is 2.67. The van der Waals surface area contributed by atoms with E-state index in [9.17, 15) is 4.39 Å². The molecule has 0 fully saturated rings. The molecule has 0 atom stereocenters. The zero-order valence-electron chi connectivity index (χ0n) is 10.2. The van der Waals surface area contributed by atoms with Crippen LogP contribution in [0.2, 0.25) is 5.02 Å². The van der Waals surface area contributed by atoms with E-state index < -0.39 is 5.82 Å². The summed E-state index contributed by atoms with van der Waals surface area (Å²) in [6.45, 7) is 0.345. The number of halogens is 3. The zero-order valence-corrected chi connectivity index (χ0v) is 12.6. The Bertz CT molecular complexity index is 592. The number of hydrogen-bond donors (Lipinski definition) is 1. The molecule has 0 aliphatic heterocycles. The van der Waals surface area contributed by atoms with Gasteiger partial charge >= 0.3 is 0 Å². The lowest BCUT2D eigenvalue weighted by Gasteiger charge is -2.11. The largest absolute Gasteiger partial charge is 0.497 e. The van der Waals surface area contributed by atoms with Crippen molar-refractivity contribution in [2.45, 2.75) is 6.54 Å². The number of ether oxygens (including phenoxy) is 1. The summed E-state index contributed by atoms with van der Waals surface area (Å²) in [6.07, 6.45) is 0. The molecule has 19 heavy (non-hydrogen) atoms. The average molecular weight is 345 g/mol. The van der Waals surface area contributed by atoms with Crippen molar-refractivity contribution in [3.05, 3.63) is 57.3 Å². The molecule has 2 nitrogen and oxygen atoms in total. The molecule has 100 valence electrons. The van der Waals surface area contributed by atoms with Crippen LogP contribution in [0, 0.1) is 5.82 Å². The van der Waals surface area contributed by atoms with Crippen molar-refractivity contribution in [2.75, 3.05) is 12.4 Å². The summed E-state index contributed by atoms with van der Waals surface area (Å²) in [6, 6.07) is 10.5. The first-order valence-corrected chi connectivity index (χ1v) is 6.79. The highest BCUT2D eigenvalue weighted by molar-refractivity contribution is 9.10. The molecule has 0 radical (unpaired) electrons. The van der Waals surface area contributed by atoms with E-state index in [4.69, 9.17) is 16.3 Å². The van der Waals surface area contributed by atoms with Crippen LogP contribution in [-0.4, -0.2) is 7.11 Å². The van der Waals surface area contributed by atoms with Gasteiger partial charge in [-0.15, -0.1) is 0 Å². The fourth-order valence-corrected chi connectivity index (χ4v) is 2.22. The van der Waals surface area contributed by atoms with Gasteiger partial charge in [0.05, 0.1) is 17.8 Å². The minimum absolute atomic E-state index is 0.129. The van der Waals surface area contributed by atoms with Crippen LogP contribution in [0.25, 0.3) is 0 Å². The van der Waals surface area contributed by atoms with E-state index in [1.807, 2.05) is 18.2 Å². The van der Waals surface area contributed by atoms with E-state index in [-0.39, 0.29) is 5.02 Å². The quantitative estimate of drug-likeness (QED) is 0.855. The molecule has 5 heteroatoms. The third-order valence-corrected chi connectivity index (χ3v) is 3.66. The maximum Gasteiger partial charge on any atom is 0.146 e. The van der Waals surface area contributed by atoms with Crippen LogP contribution in [0.5, 0.6) is 5.75 Å². The second-order valence-electron chi connectivity index (χ2n) is 3.91. The molecule has 0 unspecified atom stereocenters.